The first-order valence-electron chi connectivity index (χ1n) is 8.18. The Bertz CT molecular complexity index is 980. The van der Waals surface area contributed by atoms with Gasteiger partial charge in [-0.3, -0.25) is 9.59 Å². The minimum atomic E-state index is -0.465. The van der Waals surface area contributed by atoms with Crippen LogP contribution in [-0.2, 0) is 6.54 Å². The van der Waals surface area contributed by atoms with Crippen molar-refractivity contribution in [2.45, 2.75) is 13.5 Å². The van der Waals surface area contributed by atoms with Crippen LogP contribution in [0.3, 0.4) is 0 Å². The van der Waals surface area contributed by atoms with Gasteiger partial charge in [0.05, 0.1) is 19.2 Å². The standard InChI is InChI=1S/C19H19N3O4/c1-3-26-16-9-8-15-17(22-16)18(23)14(11-20-15)19(24)21-10-12-4-6-13(25-2)7-5-12/h4-9,11H,3,10H2,1-2H3,(H,20,23)(H,21,24). The molecule has 0 saturated heterocycles. The van der Waals surface area contributed by atoms with E-state index in [1.165, 1.54) is 6.20 Å². The third-order valence-electron chi connectivity index (χ3n) is 3.85. The van der Waals surface area contributed by atoms with E-state index in [2.05, 4.69) is 15.3 Å². The largest absolute Gasteiger partial charge is 0.497 e. The Morgan fingerprint density at radius 1 is 1.19 bits per heavy atom. The lowest BCUT2D eigenvalue weighted by atomic mass is 10.2. The predicted molar refractivity (Wildman–Crippen MR) is 97.7 cm³/mol. The number of aromatic amines is 1. The highest BCUT2D eigenvalue weighted by Gasteiger charge is 2.14. The van der Waals surface area contributed by atoms with Crippen LogP contribution in [0.4, 0.5) is 0 Å². The number of methoxy groups -OCH3 is 1. The number of carbonyl (C=O) groups is 1. The first-order valence-corrected chi connectivity index (χ1v) is 8.18. The summed E-state index contributed by atoms with van der Waals surface area (Å²) in [6.07, 6.45) is 1.40. The van der Waals surface area contributed by atoms with Crippen LogP contribution in [0.25, 0.3) is 11.0 Å². The van der Waals surface area contributed by atoms with Gasteiger partial charge in [0.15, 0.2) is 0 Å². The summed E-state index contributed by atoms with van der Waals surface area (Å²) in [4.78, 5) is 32.1. The third-order valence-corrected chi connectivity index (χ3v) is 3.85. The van der Waals surface area contributed by atoms with E-state index in [1.54, 1.807) is 19.2 Å². The number of nitrogens with zero attached hydrogens (tertiary/aromatic N) is 1. The molecule has 0 unspecified atom stereocenters. The maximum Gasteiger partial charge on any atom is 0.257 e. The molecule has 26 heavy (non-hydrogen) atoms. The van der Waals surface area contributed by atoms with Gasteiger partial charge in [0, 0.05) is 18.8 Å². The van der Waals surface area contributed by atoms with Gasteiger partial charge in [-0.2, -0.15) is 0 Å². The molecule has 0 atom stereocenters. The summed E-state index contributed by atoms with van der Waals surface area (Å²) in [5.74, 6) is 0.621. The predicted octanol–water partition coefficient (Wildman–Crippen LogP) is 2.26. The van der Waals surface area contributed by atoms with Crippen molar-refractivity contribution in [1.29, 1.82) is 0 Å². The number of amides is 1. The van der Waals surface area contributed by atoms with E-state index in [-0.39, 0.29) is 11.1 Å². The fraction of sp³-hybridized carbons (Fsp3) is 0.211. The maximum atomic E-state index is 12.6. The summed E-state index contributed by atoms with van der Waals surface area (Å²) < 4.78 is 10.4. The molecule has 0 aliphatic carbocycles. The van der Waals surface area contributed by atoms with E-state index < -0.39 is 11.3 Å². The van der Waals surface area contributed by atoms with Gasteiger partial charge in [0.25, 0.3) is 5.91 Å². The Hall–Kier alpha value is -3.35. The fourth-order valence-corrected chi connectivity index (χ4v) is 2.49. The second-order valence-electron chi connectivity index (χ2n) is 5.54. The molecule has 3 rings (SSSR count). The molecule has 2 aromatic heterocycles. The molecule has 7 nitrogen and oxygen atoms in total. The van der Waals surface area contributed by atoms with E-state index >= 15 is 0 Å². The second-order valence-corrected chi connectivity index (χ2v) is 5.54. The molecule has 3 aromatic rings. The zero-order valence-electron chi connectivity index (χ0n) is 14.5. The van der Waals surface area contributed by atoms with Gasteiger partial charge in [-0.15, -0.1) is 0 Å². The number of nitrogens with one attached hydrogen (secondary N) is 2. The highest BCUT2D eigenvalue weighted by molar-refractivity contribution is 5.96. The zero-order chi connectivity index (χ0) is 18.5. The molecule has 0 spiro atoms. The van der Waals surface area contributed by atoms with Gasteiger partial charge in [0.2, 0.25) is 11.3 Å². The smallest absolute Gasteiger partial charge is 0.257 e. The van der Waals surface area contributed by atoms with Gasteiger partial charge >= 0.3 is 0 Å². The van der Waals surface area contributed by atoms with Crippen LogP contribution in [0.2, 0.25) is 0 Å². The molecule has 1 aromatic carbocycles. The topological polar surface area (TPSA) is 93.3 Å². The van der Waals surface area contributed by atoms with Crippen LogP contribution in [0, 0.1) is 0 Å². The molecule has 0 bridgehead atoms. The Kier molecular flexibility index (Phi) is 5.17. The molecule has 7 heteroatoms. The first-order chi connectivity index (χ1) is 12.6. The molecular weight excluding hydrogens is 334 g/mol. The number of aromatic nitrogens is 2. The van der Waals surface area contributed by atoms with Gasteiger partial charge in [-0.1, -0.05) is 12.1 Å². The van der Waals surface area contributed by atoms with Crippen LogP contribution < -0.4 is 20.2 Å². The SMILES string of the molecule is CCOc1ccc2[nH]cc(C(=O)NCc3ccc(OC)cc3)c(=O)c2n1. The first kappa shape index (κ1) is 17.5. The van der Waals surface area contributed by atoms with Crippen LogP contribution in [0.5, 0.6) is 11.6 Å². The average molecular weight is 353 g/mol. The minimum absolute atomic E-state index is 0.00663. The van der Waals surface area contributed by atoms with Gasteiger partial charge in [-0.25, -0.2) is 4.98 Å². The van der Waals surface area contributed by atoms with E-state index in [9.17, 15) is 9.59 Å². The molecular formula is C19H19N3O4. The van der Waals surface area contributed by atoms with Gasteiger partial charge in [0.1, 0.15) is 16.8 Å². The van der Waals surface area contributed by atoms with E-state index in [0.717, 1.165) is 11.3 Å². The Morgan fingerprint density at radius 3 is 2.65 bits per heavy atom. The second kappa shape index (κ2) is 7.69. The lowest BCUT2D eigenvalue weighted by Crippen LogP contribution is -2.28. The van der Waals surface area contributed by atoms with Crippen molar-refractivity contribution < 1.29 is 14.3 Å². The number of hydrogen-bond donors (Lipinski definition) is 2. The Morgan fingerprint density at radius 2 is 1.96 bits per heavy atom. The molecule has 1 amide bonds. The summed E-state index contributed by atoms with van der Waals surface area (Å²) in [6, 6.07) is 10.7. The Labute approximate surface area is 150 Å². The molecule has 2 N–H and O–H groups in total. The van der Waals surface area contributed by atoms with Crippen LogP contribution in [0.1, 0.15) is 22.8 Å². The van der Waals surface area contributed by atoms with Crippen molar-refractivity contribution in [3.05, 3.63) is 63.9 Å². The number of pyridine rings is 2. The molecule has 134 valence electrons. The number of H-pyrrole nitrogens is 1. The van der Waals surface area contributed by atoms with E-state index in [4.69, 9.17) is 9.47 Å². The molecule has 2 heterocycles. The monoisotopic (exact) mass is 353 g/mol. The van der Waals surface area contributed by atoms with Gasteiger partial charge < -0.3 is 19.8 Å². The lowest BCUT2D eigenvalue weighted by molar-refractivity contribution is 0.0949. The van der Waals surface area contributed by atoms with Crippen molar-refractivity contribution in [2.75, 3.05) is 13.7 Å². The molecule has 0 aliphatic rings. The number of carbonyl (C=O) groups excluding carboxylic acids is 1. The van der Waals surface area contributed by atoms with Crippen molar-refractivity contribution in [2.24, 2.45) is 0 Å². The summed E-state index contributed by atoms with van der Waals surface area (Å²) in [5.41, 5.74) is 1.19. The number of hydrogen-bond acceptors (Lipinski definition) is 5. The number of rotatable bonds is 6. The van der Waals surface area contributed by atoms with Crippen LogP contribution in [-0.4, -0.2) is 29.6 Å². The number of benzene rings is 1. The van der Waals surface area contributed by atoms with Crippen molar-refractivity contribution in [3.63, 3.8) is 0 Å². The lowest BCUT2D eigenvalue weighted by Gasteiger charge is -2.07. The minimum Gasteiger partial charge on any atom is -0.497 e. The number of ether oxygens (including phenoxy) is 2. The summed E-state index contributed by atoms with van der Waals surface area (Å²) >= 11 is 0. The molecule has 0 radical (unpaired) electrons. The maximum absolute atomic E-state index is 12.6. The van der Waals surface area contributed by atoms with Crippen molar-refractivity contribution in [3.8, 4) is 11.6 Å². The molecule has 0 fully saturated rings. The van der Waals surface area contributed by atoms with Crippen molar-refractivity contribution >= 4 is 16.9 Å². The highest BCUT2D eigenvalue weighted by Crippen LogP contribution is 2.13. The average Bonchev–Trinajstić information content (AvgIpc) is 2.67. The molecule has 0 aliphatic heterocycles. The van der Waals surface area contributed by atoms with Gasteiger partial charge in [-0.05, 0) is 30.7 Å². The van der Waals surface area contributed by atoms with Crippen molar-refractivity contribution in [1.82, 2.24) is 15.3 Å². The molecule has 0 saturated carbocycles. The number of fused-ring (bicyclic) bond motifs is 1. The van der Waals surface area contributed by atoms with E-state index in [1.807, 2.05) is 31.2 Å². The summed E-state index contributed by atoms with van der Waals surface area (Å²) in [5, 5.41) is 2.74. The third kappa shape index (κ3) is 3.66. The van der Waals surface area contributed by atoms with E-state index in [0.29, 0.717) is 24.5 Å². The van der Waals surface area contributed by atoms with Crippen LogP contribution in [0.15, 0.2) is 47.4 Å². The zero-order valence-corrected chi connectivity index (χ0v) is 14.5. The highest BCUT2D eigenvalue weighted by atomic mass is 16.5. The fourth-order valence-electron chi connectivity index (χ4n) is 2.49. The quantitative estimate of drug-likeness (QED) is 0.709. The van der Waals surface area contributed by atoms with Crippen LogP contribution >= 0.6 is 0 Å². The summed E-state index contributed by atoms with van der Waals surface area (Å²) in [6.45, 7) is 2.57. The normalized spacial score (nSPS) is 10.5. The Balaban J connectivity index is 1.80. The summed E-state index contributed by atoms with van der Waals surface area (Å²) in [7, 11) is 1.59.